The second kappa shape index (κ2) is 7.30. The molecule has 1 fully saturated rings. The van der Waals surface area contributed by atoms with E-state index in [4.69, 9.17) is 10.5 Å². The molecule has 4 heteroatoms. The average Bonchev–Trinajstić information content (AvgIpc) is 2.76. The number of rotatable bonds is 5. The van der Waals surface area contributed by atoms with Crippen molar-refractivity contribution in [2.24, 2.45) is 11.1 Å². The Morgan fingerprint density at radius 2 is 2.10 bits per heavy atom. The van der Waals surface area contributed by atoms with Crippen LogP contribution in [-0.2, 0) is 0 Å². The Morgan fingerprint density at radius 3 is 2.75 bits per heavy atom. The molecule has 0 aromatic heterocycles. The van der Waals surface area contributed by atoms with Gasteiger partial charge in [0.2, 0.25) is 0 Å². The van der Waals surface area contributed by atoms with Gasteiger partial charge in [-0.1, -0.05) is 19.1 Å². The molecule has 0 radical (unpaired) electrons. The predicted molar refractivity (Wildman–Crippen MR) is 86.9 cm³/mol. The molecule has 0 amide bonds. The molecule has 1 aliphatic heterocycles. The van der Waals surface area contributed by atoms with Crippen LogP contribution in [0.2, 0.25) is 0 Å². The lowest BCUT2D eigenvalue weighted by Crippen LogP contribution is -2.33. The van der Waals surface area contributed by atoms with E-state index in [1.54, 1.807) is 0 Å². The van der Waals surface area contributed by atoms with Gasteiger partial charge in [-0.05, 0) is 56.0 Å². The lowest BCUT2D eigenvalue weighted by molar-refractivity contribution is 0.219. The lowest BCUT2D eigenvalue weighted by atomic mass is 9.90. The van der Waals surface area contributed by atoms with Crippen molar-refractivity contribution in [3.05, 3.63) is 29.3 Å². The summed E-state index contributed by atoms with van der Waals surface area (Å²) in [5, 5.41) is 0. The van der Waals surface area contributed by atoms with Crippen LogP contribution in [0.3, 0.4) is 0 Å². The highest BCUT2D eigenvalue weighted by atomic mass is 35.5. The maximum Gasteiger partial charge on any atom is 0.122 e. The third-order valence-corrected chi connectivity index (χ3v) is 4.14. The van der Waals surface area contributed by atoms with Crippen LogP contribution in [0.25, 0.3) is 0 Å². The van der Waals surface area contributed by atoms with Gasteiger partial charge in [-0.25, -0.2) is 0 Å². The number of halogens is 1. The molecule has 2 N–H and O–H groups in total. The topological polar surface area (TPSA) is 38.5 Å². The Bertz CT molecular complexity index is 438. The number of hydrogen-bond donors (Lipinski definition) is 1. The summed E-state index contributed by atoms with van der Waals surface area (Å²) < 4.78 is 5.91. The van der Waals surface area contributed by atoms with Crippen molar-refractivity contribution in [2.45, 2.75) is 27.2 Å². The van der Waals surface area contributed by atoms with Gasteiger partial charge in [0.05, 0.1) is 0 Å². The van der Waals surface area contributed by atoms with Crippen molar-refractivity contribution in [1.82, 2.24) is 4.90 Å². The number of nitrogens with zero attached hydrogens (tertiary/aromatic N) is 1. The largest absolute Gasteiger partial charge is 0.492 e. The maximum atomic E-state index is 5.91. The summed E-state index contributed by atoms with van der Waals surface area (Å²) in [5.74, 6) is 1.01. The van der Waals surface area contributed by atoms with Gasteiger partial charge in [-0.15, -0.1) is 12.4 Å². The molecular weight excluding hydrogens is 272 g/mol. The second-order valence-corrected chi connectivity index (χ2v) is 6.16. The standard InChI is InChI=1S/C16H26N2O.ClH/c1-13-4-5-14(2)15(10-13)19-9-8-18-7-6-16(3,11-17)12-18;/h4-5,10H,6-9,11-12,17H2,1-3H3;1H. The predicted octanol–water partition coefficient (Wildman–Crippen LogP) is 2.77. The first kappa shape index (κ1) is 17.3. The van der Waals surface area contributed by atoms with Crippen LogP contribution in [0.15, 0.2) is 18.2 Å². The zero-order valence-electron chi connectivity index (χ0n) is 12.8. The van der Waals surface area contributed by atoms with Crippen molar-refractivity contribution in [3.8, 4) is 5.75 Å². The highest BCUT2D eigenvalue weighted by Crippen LogP contribution is 2.28. The molecule has 0 saturated carbocycles. The van der Waals surface area contributed by atoms with Crippen molar-refractivity contribution in [1.29, 1.82) is 0 Å². The highest BCUT2D eigenvalue weighted by molar-refractivity contribution is 5.85. The van der Waals surface area contributed by atoms with Crippen molar-refractivity contribution < 1.29 is 4.74 Å². The average molecular weight is 299 g/mol. The molecule has 2 rings (SSSR count). The number of likely N-dealkylation sites (tertiary alicyclic amines) is 1. The fraction of sp³-hybridized carbons (Fsp3) is 0.625. The van der Waals surface area contributed by atoms with Gasteiger partial charge >= 0.3 is 0 Å². The van der Waals surface area contributed by atoms with E-state index in [2.05, 4.69) is 43.9 Å². The van der Waals surface area contributed by atoms with Gasteiger partial charge in [0.25, 0.3) is 0 Å². The fourth-order valence-corrected chi connectivity index (χ4v) is 2.63. The molecule has 114 valence electrons. The minimum Gasteiger partial charge on any atom is -0.492 e. The van der Waals surface area contributed by atoms with Gasteiger partial charge < -0.3 is 10.5 Å². The number of ether oxygens (including phenoxy) is 1. The van der Waals surface area contributed by atoms with Crippen LogP contribution < -0.4 is 10.5 Å². The first-order chi connectivity index (χ1) is 9.02. The third-order valence-electron chi connectivity index (χ3n) is 4.14. The molecule has 20 heavy (non-hydrogen) atoms. The normalized spacial score (nSPS) is 22.6. The van der Waals surface area contributed by atoms with Gasteiger partial charge in [0.1, 0.15) is 12.4 Å². The SMILES string of the molecule is Cc1ccc(C)c(OCCN2CCC(C)(CN)C2)c1.Cl. The van der Waals surface area contributed by atoms with E-state index < -0.39 is 0 Å². The van der Waals surface area contributed by atoms with Crippen LogP contribution in [-0.4, -0.2) is 37.7 Å². The zero-order chi connectivity index (χ0) is 13.9. The van der Waals surface area contributed by atoms with Crippen molar-refractivity contribution >= 4 is 12.4 Å². The maximum absolute atomic E-state index is 5.91. The minimum absolute atomic E-state index is 0. The van der Waals surface area contributed by atoms with Gasteiger partial charge in [0.15, 0.2) is 0 Å². The molecule has 1 atom stereocenters. The Morgan fingerprint density at radius 1 is 1.35 bits per heavy atom. The lowest BCUT2D eigenvalue weighted by Gasteiger charge is -2.22. The molecule has 1 saturated heterocycles. The smallest absolute Gasteiger partial charge is 0.122 e. The summed E-state index contributed by atoms with van der Waals surface area (Å²) in [6.07, 6.45) is 1.20. The number of nitrogens with two attached hydrogens (primary N) is 1. The number of aryl methyl sites for hydroxylation is 2. The molecule has 1 aromatic rings. The Hall–Kier alpha value is -0.770. The van der Waals surface area contributed by atoms with E-state index in [1.165, 1.54) is 17.5 Å². The minimum atomic E-state index is 0. The van der Waals surface area contributed by atoms with Crippen LogP contribution in [0, 0.1) is 19.3 Å². The molecule has 0 aliphatic carbocycles. The van der Waals surface area contributed by atoms with Crippen molar-refractivity contribution in [2.75, 3.05) is 32.8 Å². The molecule has 1 aromatic carbocycles. The quantitative estimate of drug-likeness (QED) is 0.908. The van der Waals surface area contributed by atoms with Gasteiger partial charge in [-0.3, -0.25) is 4.90 Å². The monoisotopic (exact) mass is 298 g/mol. The molecule has 3 nitrogen and oxygen atoms in total. The summed E-state index contributed by atoms with van der Waals surface area (Å²) in [4.78, 5) is 2.46. The van der Waals surface area contributed by atoms with Gasteiger partial charge in [0, 0.05) is 13.1 Å². The summed E-state index contributed by atoms with van der Waals surface area (Å²) in [7, 11) is 0. The van der Waals surface area contributed by atoms with E-state index in [0.29, 0.717) is 5.41 Å². The molecule has 1 unspecified atom stereocenters. The summed E-state index contributed by atoms with van der Waals surface area (Å²) in [6, 6.07) is 6.35. The molecule has 1 heterocycles. The van der Waals surface area contributed by atoms with E-state index in [-0.39, 0.29) is 12.4 Å². The second-order valence-electron chi connectivity index (χ2n) is 6.16. The first-order valence-corrected chi connectivity index (χ1v) is 7.15. The molecule has 0 bridgehead atoms. The summed E-state index contributed by atoms with van der Waals surface area (Å²) >= 11 is 0. The Labute approximate surface area is 128 Å². The van der Waals surface area contributed by atoms with E-state index in [9.17, 15) is 0 Å². The third kappa shape index (κ3) is 4.37. The molecule has 1 aliphatic rings. The van der Waals surface area contributed by atoms with Crippen LogP contribution in [0.4, 0.5) is 0 Å². The van der Waals surface area contributed by atoms with Crippen LogP contribution in [0.5, 0.6) is 5.75 Å². The van der Waals surface area contributed by atoms with Crippen molar-refractivity contribution in [3.63, 3.8) is 0 Å². The fourth-order valence-electron chi connectivity index (χ4n) is 2.63. The van der Waals surface area contributed by atoms with E-state index in [1.807, 2.05) is 0 Å². The van der Waals surface area contributed by atoms with Crippen LogP contribution in [0.1, 0.15) is 24.5 Å². The Balaban J connectivity index is 0.00000200. The van der Waals surface area contributed by atoms with Gasteiger partial charge in [-0.2, -0.15) is 0 Å². The number of benzene rings is 1. The molecular formula is C16H27ClN2O. The van der Waals surface area contributed by atoms with Crippen LogP contribution >= 0.6 is 12.4 Å². The first-order valence-electron chi connectivity index (χ1n) is 7.15. The summed E-state index contributed by atoms with van der Waals surface area (Å²) in [5.41, 5.74) is 8.59. The Kier molecular flexibility index (Phi) is 6.31. The zero-order valence-corrected chi connectivity index (χ0v) is 13.6. The summed E-state index contributed by atoms with van der Waals surface area (Å²) in [6.45, 7) is 11.2. The highest BCUT2D eigenvalue weighted by Gasteiger charge is 2.31. The van der Waals surface area contributed by atoms with E-state index in [0.717, 1.165) is 38.5 Å². The number of hydrogen-bond acceptors (Lipinski definition) is 3. The van der Waals surface area contributed by atoms with E-state index >= 15 is 0 Å². The molecule has 0 spiro atoms.